The van der Waals surface area contributed by atoms with Gasteiger partial charge in [-0.05, 0) is 42.7 Å². The van der Waals surface area contributed by atoms with Gasteiger partial charge in [0.15, 0.2) is 0 Å². The number of nitrogens with one attached hydrogen (secondary N) is 1. The van der Waals surface area contributed by atoms with Gasteiger partial charge in [0.1, 0.15) is 0 Å². The zero-order valence-electron chi connectivity index (χ0n) is 13.6. The first-order chi connectivity index (χ1) is 11.5. The lowest BCUT2D eigenvalue weighted by Crippen LogP contribution is -2.25. The minimum atomic E-state index is -3.17. The number of anilines is 2. The van der Waals surface area contributed by atoms with Crippen LogP contribution in [0.5, 0.6) is 0 Å². The first-order valence-corrected chi connectivity index (χ1v) is 9.67. The predicted octanol–water partition coefficient (Wildman–Crippen LogP) is 2.89. The van der Waals surface area contributed by atoms with Crippen molar-refractivity contribution in [2.24, 2.45) is 0 Å². The molecule has 5 nitrogen and oxygen atoms in total. The summed E-state index contributed by atoms with van der Waals surface area (Å²) in [4.78, 5) is 0. The molecule has 1 aliphatic heterocycles. The maximum Gasteiger partial charge on any atom is 0.235 e. The molecular weight excluding hydrogens is 324 g/mol. The number of aliphatic hydroxyl groups is 1. The van der Waals surface area contributed by atoms with Gasteiger partial charge in [0.05, 0.1) is 18.0 Å². The molecule has 0 amide bonds. The van der Waals surface area contributed by atoms with Gasteiger partial charge in [-0.25, -0.2) is 8.42 Å². The van der Waals surface area contributed by atoms with Crippen LogP contribution in [0.3, 0.4) is 0 Å². The van der Waals surface area contributed by atoms with Crippen molar-refractivity contribution in [2.75, 3.05) is 21.9 Å². The summed E-state index contributed by atoms with van der Waals surface area (Å²) < 4.78 is 25.6. The standard InChI is InChI=1S/C18H22N2O3S/c1-14(16-6-2-5-15(11-16)13-21)19-17-7-3-8-18(12-17)20-9-4-10-24(20,22)23/h2-3,5-8,11-12,14,19,21H,4,9-10,13H2,1H3. The van der Waals surface area contributed by atoms with Crippen molar-refractivity contribution in [3.05, 3.63) is 59.7 Å². The van der Waals surface area contributed by atoms with E-state index in [2.05, 4.69) is 5.32 Å². The van der Waals surface area contributed by atoms with Gasteiger partial charge >= 0.3 is 0 Å². The molecule has 1 heterocycles. The Morgan fingerprint density at radius 3 is 2.71 bits per heavy atom. The zero-order chi connectivity index (χ0) is 17.2. The molecule has 0 saturated carbocycles. The van der Waals surface area contributed by atoms with Crippen molar-refractivity contribution in [1.82, 2.24) is 0 Å². The fourth-order valence-electron chi connectivity index (χ4n) is 2.97. The third-order valence-electron chi connectivity index (χ3n) is 4.25. The summed E-state index contributed by atoms with van der Waals surface area (Å²) >= 11 is 0. The number of rotatable bonds is 5. The van der Waals surface area contributed by atoms with E-state index >= 15 is 0 Å². The number of nitrogens with zero attached hydrogens (tertiary/aromatic N) is 1. The Kier molecular flexibility index (Phi) is 4.78. The van der Waals surface area contributed by atoms with Crippen LogP contribution in [0.2, 0.25) is 0 Å². The van der Waals surface area contributed by atoms with Crippen LogP contribution in [0.25, 0.3) is 0 Å². The SMILES string of the molecule is CC(Nc1cccc(N2CCCS2(=O)=O)c1)c1cccc(CO)c1. The van der Waals surface area contributed by atoms with E-state index in [1.165, 1.54) is 4.31 Å². The zero-order valence-corrected chi connectivity index (χ0v) is 14.5. The Morgan fingerprint density at radius 2 is 2.00 bits per heavy atom. The van der Waals surface area contributed by atoms with Crippen LogP contribution in [0, 0.1) is 0 Å². The summed E-state index contributed by atoms with van der Waals surface area (Å²) in [5, 5.41) is 12.7. The Labute approximate surface area is 143 Å². The molecule has 0 aromatic heterocycles. The summed E-state index contributed by atoms with van der Waals surface area (Å²) in [7, 11) is -3.17. The average Bonchev–Trinajstić information content (AvgIpc) is 2.94. The first-order valence-electron chi connectivity index (χ1n) is 8.06. The lowest BCUT2D eigenvalue weighted by atomic mass is 10.1. The molecule has 0 spiro atoms. The van der Waals surface area contributed by atoms with Crippen LogP contribution in [0.1, 0.15) is 30.5 Å². The monoisotopic (exact) mass is 346 g/mol. The fraction of sp³-hybridized carbons (Fsp3) is 0.333. The van der Waals surface area contributed by atoms with E-state index in [-0.39, 0.29) is 18.4 Å². The van der Waals surface area contributed by atoms with E-state index in [0.29, 0.717) is 18.7 Å². The van der Waals surface area contributed by atoms with E-state index in [1.54, 1.807) is 0 Å². The maximum atomic E-state index is 12.1. The molecule has 1 unspecified atom stereocenters. The smallest absolute Gasteiger partial charge is 0.235 e. The molecule has 1 fully saturated rings. The highest BCUT2D eigenvalue weighted by Crippen LogP contribution is 2.28. The van der Waals surface area contributed by atoms with E-state index in [1.807, 2.05) is 55.5 Å². The van der Waals surface area contributed by atoms with Crippen molar-refractivity contribution >= 4 is 21.4 Å². The van der Waals surface area contributed by atoms with Crippen molar-refractivity contribution in [3.63, 3.8) is 0 Å². The van der Waals surface area contributed by atoms with Crippen molar-refractivity contribution in [1.29, 1.82) is 0 Å². The van der Waals surface area contributed by atoms with Crippen LogP contribution in [0.15, 0.2) is 48.5 Å². The quantitative estimate of drug-likeness (QED) is 0.873. The van der Waals surface area contributed by atoms with Crippen LogP contribution in [-0.4, -0.2) is 25.8 Å². The van der Waals surface area contributed by atoms with Gasteiger partial charge in [-0.15, -0.1) is 0 Å². The molecule has 3 rings (SSSR count). The molecule has 1 atom stereocenters. The third kappa shape index (κ3) is 3.55. The highest BCUT2D eigenvalue weighted by atomic mass is 32.2. The van der Waals surface area contributed by atoms with Gasteiger partial charge in [-0.1, -0.05) is 30.3 Å². The Balaban J connectivity index is 1.79. The van der Waals surface area contributed by atoms with Crippen LogP contribution >= 0.6 is 0 Å². The molecule has 6 heteroatoms. The minimum Gasteiger partial charge on any atom is -0.392 e. The molecule has 2 aromatic carbocycles. The summed E-state index contributed by atoms with van der Waals surface area (Å²) in [6, 6.07) is 15.3. The molecule has 0 bridgehead atoms. The molecule has 128 valence electrons. The molecule has 2 aromatic rings. The van der Waals surface area contributed by atoms with E-state index in [0.717, 1.165) is 16.8 Å². The van der Waals surface area contributed by atoms with Gasteiger partial charge in [-0.3, -0.25) is 4.31 Å². The number of aliphatic hydroxyl groups excluding tert-OH is 1. The van der Waals surface area contributed by atoms with E-state index in [9.17, 15) is 13.5 Å². The van der Waals surface area contributed by atoms with Crippen molar-refractivity contribution < 1.29 is 13.5 Å². The summed E-state index contributed by atoms with van der Waals surface area (Å²) in [5.74, 6) is 0.217. The lowest BCUT2D eigenvalue weighted by molar-refractivity contribution is 0.281. The first kappa shape index (κ1) is 16.8. The van der Waals surface area contributed by atoms with Gasteiger partial charge in [0.2, 0.25) is 10.0 Å². The fourth-order valence-corrected chi connectivity index (χ4v) is 4.53. The second-order valence-electron chi connectivity index (χ2n) is 6.06. The second-order valence-corrected chi connectivity index (χ2v) is 8.07. The molecule has 1 aliphatic rings. The van der Waals surface area contributed by atoms with Gasteiger partial charge in [0.25, 0.3) is 0 Å². The number of benzene rings is 2. The minimum absolute atomic E-state index is 0.0167. The molecule has 2 N–H and O–H groups in total. The number of hydrogen-bond acceptors (Lipinski definition) is 4. The molecule has 0 aliphatic carbocycles. The predicted molar refractivity (Wildman–Crippen MR) is 96.6 cm³/mol. The van der Waals surface area contributed by atoms with Crippen molar-refractivity contribution in [3.8, 4) is 0 Å². The summed E-state index contributed by atoms with van der Waals surface area (Å²) in [5.41, 5.74) is 3.52. The molecular formula is C18H22N2O3S. The van der Waals surface area contributed by atoms with Gasteiger partial charge in [-0.2, -0.15) is 0 Å². The third-order valence-corrected chi connectivity index (χ3v) is 6.12. The topological polar surface area (TPSA) is 69.6 Å². The maximum absolute atomic E-state index is 12.1. The average molecular weight is 346 g/mol. The molecule has 0 radical (unpaired) electrons. The molecule has 24 heavy (non-hydrogen) atoms. The van der Waals surface area contributed by atoms with Gasteiger partial charge < -0.3 is 10.4 Å². The lowest BCUT2D eigenvalue weighted by Gasteiger charge is -2.20. The Hall–Kier alpha value is -2.05. The summed E-state index contributed by atoms with van der Waals surface area (Å²) in [6.45, 7) is 2.60. The normalized spacial score (nSPS) is 17.7. The highest BCUT2D eigenvalue weighted by Gasteiger charge is 2.28. The van der Waals surface area contributed by atoms with Gasteiger partial charge in [0, 0.05) is 18.3 Å². The second kappa shape index (κ2) is 6.83. The molecule has 1 saturated heterocycles. The van der Waals surface area contributed by atoms with Crippen LogP contribution in [-0.2, 0) is 16.6 Å². The van der Waals surface area contributed by atoms with E-state index in [4.69, 9.17) is 0 Å². The van der Waals surface area contributed by atoms with E-state index < -0.39 is 10.0 Å². The number of hydrogen-bond donors (Lipinski definition) is 2. The largest absolute Gasteiger partial charge is 0.392 e. The Bertz CT molecular complexity index is 821. The number of sulfonamides is 1. The van der Waals surface area contributed by atoms with Crippen molar-refractivity contribution in [2.45, 2.75) is 26.0 Å². The van der Waals surface area contributed by atoms with Crippen LogP contribution < -0.4 is 9.62 Å². The highest BCUT2D eigenvalue weighted by molar-refractivity contribution is 7.93. The summed E-state index contributed by atoms with van der Waals surface area (Å²) in [6.07, 6.45) is 0.671. The van der Waals surface area contributed by atoms with Crippen LogP contribution in [0.4, 0.5) is 11.4 Å². The Morgan fingerprint density at radius 1 is 1.21 bits per heavy atom.